The molecule has 0 unspecified atom stereocenters. The molecular weight excluding hydrogens is 308 g/mol. The van der Waals surface area contributed by atoms with Gasteiger partial charge < -0.3 is 14.6 Å². The minimum atomic E-state index is 0.0423. The fourth-order valence-electron chi connectivity index (χ4n) is 2.94. The highest BCUT2D eigenvalue weighted by Crippen LogP contribution is 2.18. The number of piperidine rings is 1. The third-order valence-electron chi connectivity index (χ3n) is 4.34. The van der Waals surface area contributed by atoms with Crippen LogP contribution in [0, 0.1) is 6.92 Å². The maximum absolute atomic E-state index is 12.1. The third kappa shape index (κ3) is 4.00. The SMILES string of the molecule is Cc1cc(-c2nnc(CCC(=O)NC3CCN(C)CC3)o2)n(C)n1. The fourth-order valence-corrected chi connectivity index (χ4v) is 2.94. The first-order chi connectivity index (χ1) is 11.5. The third-order valence-corrected chi connectivity index (χ3v) is 4.34. The minimum Gasteiger partial charge on any atom is -0.419 e. The Balaban J connectivity index is 1.50. The van der Waals surface area contributed by atoms with Crippen LogP contribution in [0.5, 0.6) is 0 Å². The summed E-state index contributed by atoms with van der Waals surface area (Å²) < 4.78 is 7.36. The Bertz CT molecular complexity index is 699. The van der Waals surface area contributed by atoms with Gasteiger partial charge in [0.15, 0.2) is 0 Å². The lowest BCUT2D eigenvalue weighted by molar-refractivity contribution is -0.122. The molecule has 0 bridgehead atoms. The van der Waals surface area contributed by atoms with Crippen molar-refractivity contribution in [2.75, 3.05) is 20.1 Å². The molecule has 0 radical (unpaired) electrons. The highest BCUT2D eigenvalue weighted by Gasteiger charge is 2.19. The Labute approximate surface area is 141 Å². The fraction of sp³-hybridized carbons (Fsp3) is 0.625. The predicted octanol–water partition coefficient (Wildman–Crippen LogP) is 0.922. The maximum atomic E-state index is 12.1. The molecule has 1 amide bonds. The zero-order valence-electron chi connectivity index (χ0n) is 14.4. The van der Waals surface area contributed by atoms with Gasteiger partial charge in [0.2, 0.25) is 11.8 Å². The zero-order chi connectivity index (χ0) is 17.1. The molecule has 0 aromatic carbocycles. The molecule has 1 aliphatic heterocycles. The number of aryl methyl sites for hydroxylation is 3. The van der Waals surface area contributed by atoms with Crippen molar-refractivity contribution in [3.8, 4) is 11.6 Å². The summed E-state index contributed by atoms with van der Waals surface area (Å²) in [4.78, 5) is 14.4. The van der Waals surface area contributed by atoms with Crippen LogP contribution in [0.15, 0.2) is 10.5 Å². The molecule has 0 aliphatic carbocycles. The van der Waals surface area contributed by atoms with E-state index in [1.54, 1.807) is 4.68 Å². The van der Waals surface area contributed by atoms with Crippen LogP contribution in [-0.2, 0) is 18.3 Å². The van der Waals surface area contributed by atoms with Gasteiger partial charge in [0.05, 0.1) is 5.69 Å². The van der Waals surface area contributed by atoms with Crippen molar-refractivity contribution >= 4 is 5.91 Å². The Kier molecular flexibility index (Phi) is 4.94. The number of aromatic nitrogens is 4. The molecule has 3 rings (SSSR count). The summed E-state index contributed by atoms with van der Waals surface area (Å²) in [6.07, 6.45) is 2.82. The average molecular weight is 332 g/mol. The van der Waals surface area contributed by atoms with Crippen LogP contribution in [0.1, 0.15) is 30.8 Å². The van der Waals surface area contributed by atoms with E-state index in [0.29, 0.717) is 24.6 Å². The molecule has 0 saturated carbocycles. The maximum Gasteiger partial charge on any atom is 0.265 e. The lowest BCUT2D eigenvalue weighted by Gasteiger charge is -2.29. The summed E-state index contributed by atoms with van der Waals surface area (Å²) in [5, 5.41) is 15.4. The minimum absolute atomic E-state index is 0.0423. The number of nitrogens with zero attached hydrogens (tertiary/aromatic N) is 5. The van der Waals surface area contributed by atoms with Crippen LogP contribution in [-0.4, -0.2) is 57.0 Å². The normalized spacial score (nSPS) is 16.5. The molecule has 2 aromatic heterocycles. The van der Waals surface area contributed by atoms with E-state index in [2.05, 4.69) is 32.6 Å². The first kappa shape index (κ1) is 16.6. The monoisotopic (exact) mass is 332 g/mol. The van der Waals surface area contributed by atoms with Crippen molar-refractivity contribution in [3.63, 3.8) is 0 Å². The van der Waals surface area contributed by atoms with E-state index in [1.165, 1.54) is 0 Å². The van der Waals surface area contributed by atoms with Crippen molar-refractivity contribution in [2.24, 2.45) is 7.05 Å². The van der Waals surface area contributed by atoms with E-state index in [4.69, 9.17) is 4.42 Å². The van der Waals surface area contributed by atoms with E-state index in [-0.39, 0.29) is 11.9 Å². The molecule has 1 fully saturated rings. The second kappa shape index (κ2) is 7.12. The summed E-state index contributed by atoms with van der Waals surface area (Å²) in [5.41, 5.74) is 1.67. The van der Waals surface area contributed by atoms with Crippen LogP contribution in [0.3, 0.4) is 0 Å². The lowest BCUT2D eigenvalue weighted by atomic mass is 10.1. The quantitative estimate of drug-likeness (QED) is 0.876. The standard InChI is InChI=1S/C16H24N6O2/c1-11-10-13(22(3)20-11)16-19-18-15(24-16)5-4-14(23)17-12-6-8-21(2)9-7-12/h10,12H,4-9H2,1-3H3,(H,17,23). The first-order valence-corrected chi connectivity index (χ1v) is 8.32. The van der Waals surface area contributed by atoms with Gasteiger partial charge in [0.1, 0.15) is 5.69 Å². The van der Waals surface area contributed by atoms with Crippen molar-refractivity contribution in [1.82, 2.24) is 30.2 Å². The molecule has 1 saturated heterocycles. The van der Waals surface area contributed by atoms with E-state index < -0.39 is 0 Å². The van der Waals surface area contributed by atoms with Gasteiger partial charge in [-0.3, -0.25) is 9.48 Å². The predicted molar refractivity (Wildman–Crippen MR) is 88.2 cm³/mol. The van der Waals surface area contributed by atoms with Crippen LogP contribution >= 0.6 is 0 Å². The van der Waals surface area contributed by atoms with E-state index in [9.17, 15) is 4.79 Å². The van der Waals surface area contributed by atoms with Gasteiger partial charge >= 0.3 is 0 Å². The van der Waals surface area contributed by atoms with Gasteiger partial charge in [-0.1, -0.05) is 0 Å². The Morgan fingerprint density at radius 1 is 1.33 bits per heavy atom. The summed E-state index contributed by atoms with van der Waals surface area (Å²) in [6, 6.07) is 2.17. The lowest BCUT2D eigenvalue weighted by Crippen LogP contribution is -2.43. The molecule has 0 atom stereocenters. The summed E-state index contributed by atoms with van der Waals surface area (Å²) in [5.74, 6) is 0.951. The summed E-state index contributed by atoms with van der Waals surface area (Å²) in [7, 11) is 3.94. The molecule has 1 N–H and O–H groups in total. The van der Waals surface area contributed by atoms with E-state index >= 15 is 0 Å². The number of carbonyl (C=O) groups is 1. The number of hydrogen-bond donors (Lipinski definition) is 1. The van der Waals surface area contributed by atoms with Gasteiger partial charge in [-0.05, 0) is 46.0 Å². The highest BCUT2D eigenvalue weighted by atomic mass is 16.4. The summed E-state index contributed by atoms with van der Waals surface area (Å²) >= 11 is 0. The van der Waals surface area contributed by atoms with E-state index in [0.717, 1.165) is 37.3 Å². The number of carbonyl (C=O) groups excluding carboxylic acids is 1. The molecule has 24 heavy (non-hydrogen) atoms. The highest BCUT2D eigenvalue weighted by molar-refractivity contribution is 5.76. The second-order valence-electron chi connectivity index (χ2n) is 6.44. The molecule has 8 nitrogen and oxygen atoms in total. The number of hydrogen-bond acceptors (Lipinski definition) is 6. The van der Waals surface area contributed by atoms with Crippen molar-refractivity contribution in [3.05, 3.63) is 17.7 Å². The van der Waals surface area contributed by atoms with E-state index in [1.807, 2.05) is 20.0 Å². The number of likely N-dealkylation sites (tertiary alicyclic amines) is 1. The molecule has 8 heteroatoms. The Hall–Kier alpha value is -2.22. The van der Waals surface area contributed by atoms with Gasteiger partial charge in [-0.25, -0.2) is 0 Å². The van der Waals surface area contributed by atoms with Crippen molar-refractivity contribution in [1.29, 1.82) is 0 Å². The van der Waals surface area contributed by atoms with Crippen LogP contribution in [0.4, 0.5) is 0 Å². The van der Waals surface area contributed by atoms with Gasteiger partial charge in [0, 0.05) is 25.9 Å². The number of nitrogens with one attached hydrogen (secondary N) is 1. The van der Waals surface area contributed by atoms with Crippen LogP contribution in [0.25, 0.3) is 11.6 Å². The zero-order valence-corrected chi connectivity index (χ0v) is 14.4. The van der Waals surface area contributed by atoms with Gasteiger partial charge in [0.25, 0.3) is 5.89 Å². The van der Waals surface area contributed by atoms with Gasteiger partial charge in [-0.15, -0.1) is 10.2 Å². The first-order valence-electron chi connectivity index (χ1n) is 8.32. The van der Waals surface area contributed by atoms with Crippen molar-refractivity contribution < 1.29 is 9.21 Å². The molecule has 3 heterocycles. The largest absolute Gasteiger partial charge is 0.419 e. The molecule has 1 aliphatic rings. The number of rotatable bonds is 5. The van der Waals surface area contributed by atoms with Crippen LogP contribution in [0.2, 0.25) is 0 Å². The Morgan fingerprint density at radius 3 is 2.75 bits per heavy atom. The second-order valence-corrected chi connectivity index (χ2v) is 6.44. The molecule has 2 aromatic rings. The molecular formula is C16H24N6O2. The van der Waals surface area contributed by atoms with Crippen LogP contribution < -0.4 is 5.32 Å². The molecule has 130 valence electrons. The smallest absolute Gasteiger partial charge is 0.265 e. The summed E-state index contributed by atoms with van der Waals surface area (Å²) in [6.45, 7) is 3.97. The molecule has 0 spiro atoms. The topological polar surface area (TPSA) is 89.1 Å². The Morgan fingerprint density at radius 2 is 2.08 bits per heavy atom. The number of amides is 1. The average Bonchev–Trinajstić information content (AvgIpc) is 3.13. The van der Waals surface area contributed by atoms with Crippen molar-refractivity contribution in [2.45, 2.75) is 38.6 Å². The van der Waals surface area contributed by atoms with Gasteiger partial charge in [-0.2, -0.15) is 5.10 Å².